The molecule has 168 valence electrons. The summed E-state index contributed by atoms with van der Waals surface area (Å²) >= 11 is 0. The molecular formula is C22H23N3O6S. The highest BCUT2D eigenvalue weighted by Gasteiger charge is 2.29. The van der Waals surface area contributed by atoms with Crippen LogP contribution in [-0.2, 0) is 14.8 Å². The summed E-state index contributed by atoms with van der Waals surface area (Å²) < 4.78 is 43.8. The van der Waals surface area contributed by atoms with Gasteiger partial charge in [-0.1, -0.05) is 6.07 Å². The Morgan fingerprint density at radius 2 is 1.88 bits per heavy atom. The summed E-state index contributed by atoms with van der Waals surface area (Å²) in [6.07, 6.45) is 0.812. The number of benzene rings is 2. The molecule has 1 fully saturated rings. The molecular weight excluding hydrogens is 434 g/mol. The zero-order chi connectivity index (χ0) is 22.9. The van der Waals surface area contributed by atoms with E-state index in [1.807, 2.05) is 0 Å². The summed E-state index contributed by atoms with van der Waals surface area (Å²) in [5.74, 6) is 0.423. The number of hydrogen-bond acceptors (Lipinski definition) is 8. The van der Waals surface area contributed by atoms with Gasteiger partial charge in [0.25, 0.3) is 5.89 Å². The minimum Gasteiger partial charge on any atom is -0.497 e. The standard InChI is InChI=1S/C22H23N3O6S/c1-13-4-11-18(32(27,28)25-16-7-8-16)12-19(13)22(26)30-14(2)20-23-24-21(31-20)15-5-9-17(29-3)10-6-15/h4-6,9-12,14,16,25H,7-8H2,1-3H3/t14-/m1/s1. The number of esters is 1. The monoisotopic (exact) mass is 457 g/mol. The minimum atomic E-state index is -3.69. The van der Waals surface area contributed by atoms with Crippen LogP contribution in [0.2, 0.25) is 0 Å². The Bertz CT molecular complexity index is 1230. The molecule has 0 spiro atoms. The molecule has 9 nitrogen and oxygen atoms in total. The van der Waals surface area contributed by atoms with Gasteiger partial charge in [-0.05, 0) is 68.7 Å². The van der Waals surface area contributed by atoms with Crippen LogP contribution in [0.5, 0.6) is 5.75 Å². The van der Waals surface area contributed by atoms with Crippen molar-refractivity contribution in [2.75, 3.05) is 7.11 Å². The maximum Gasteiger partial charge on any atom is 0.339 e. The second kappa shape index (κ2) is 8.71. The Kier molecular flexibility index (Phi) is 5.98. The first kappa shape index (κ1) is 22.0. The predicted octanol–water partition coefficient (Wildman–Crippen LogP) is 3.41. The number of hydrogen-bond donors (Lipinski definition) is 1. The third-order valence-electron chi connectivity index (χ3n) is 5.05. The number of aryl methyl sites for hydroxylation is 1. The fraction of sp³-hybridized carbons (Fsp3) is 0.318. The summed E-state index contributed by atoms with van der Waals surface area (Å²) in [4.78, 5) is 12.8. The first-order valence-corrected chi connectivity index (χ1v) is 11.6. The highest BCUT2D eigenvalue weighted by atomic mass is 32.2. The van der Waals surface area contributed by atoms with Gasteiger partial charge in [0.1, 0.15) is 5.75 Å². The number of nitrogens with zero attached hydrogens (tertiary/aromatic N) is 2. The van der Waals surface area contributed by atoms with Crippen LogP contribution in [0, 0.1) is 6.92 Å². The fourth-order valence-electron chi connectivity index (χ4n) is 3.00. The molecule has 0 radical (unpaired) electrons. The molecule has 0 unspecified atom stereocenters. The molecule has 3 aromatic rings. The third-order valence-corrected chi connectivity index (χ3v) is 6.57. The van der Waals surface area contributed by atoms with Gasteiger partial charge in [-0.25, -0.2) is 17.9 Å². The van der Waals surface area contributed by atoms with E-state index in [-0.39, 0.29) is 28.3 Å². The quantitative estimate of drug-likeness (QED) is 0.511. The molecule has 2 aromatic carbocycles. The largest absolute Gasteiger partial charge is 0.497 e. The molecule has 0 amide bonds. The van der Waals surface area contributed by atoms with E-state index in [1.165, 1.54) is 12.1 Å². The molecule has 0 saturated heterocycles. The molecule has 1 aliphatic rings. The van der Waals surface area contributed by atoms with Crippen molar-refractivity contribution >= 4 is 16.0 Å². The van der Waals surface area contributed by atoms with E-state index >= 15 is 0 Å². The normalized spacial score (nSPS) is 14.7. The van der Waals surface area contributed by atoms with Gasteiger partial charge in [0.05, 0.1) is 17.6 Å². The second-order valence-electron chi connectivity index (χ2n) is 7.59. The number of rotatable bonds is 8. The molecule has 32 heavy (non-hydrogen) atoms. The van der Waals surface area contributed by atoms with Gasteiger partial charge >= 0.3 is 5.97 Å². The SMILES string of the molecule is COc1ccc(-c2nnc([C@@H](C)OC(=O)c3cc(S(=O)(=O)NC4CC4)ccc3C)o2)cc1. The van der Waals surface area contributed by atoms with E-state index in [4.69, 9.17) is 13.9 Å². The smallest absolute Gasteiger partial charge is 0.339 e. The lowest BCUT2D eigenvalue weighted by atomic mass is 10.1. The van der Waals surface area contributed by atoms with Crippen molar-refractivity contribution in [3.8, 4) is 17.2 Å². The average Bonchev–Trinajstić information content (AvgIpc) is 3.43. The van der Waals surface area contributed by atoms with Crippen molar-refractivity contribution in [3.05, 3.63) is 59.5 Å². The van der Waals surface area contributed by atoms with Gasteiger partial charge in [-0.3, -0.25) is 0 Å². The van der Waals surface area contributed by atoms with Crippen LogP contribution in [0.3, 0.4) is 0 Å². The van der Waals surface area contributed by atoms with E-state index in [0.717, 1.165) is 12.8 Å². The van der Waals surface area contributed by atoms with Crippen LogP contribution < -0.4 is 9.46 Å². The van der Waals surface area contributed by atoms with E-state index in [9.17, 15) is 13.2 Å². The van der Waals surface area contributed by atoms with E-state index < -0.39 is 22.1 Å². The number of carbonyl (C=O) groups excluding carboxylic acids is 1. The van der Waals surface area contributed by atoms with Crippen molar-refractivity contribution in [3.63, 3.8) is 0 Å². The van der Waals surface area contributed by atoms with Crippen LogP contribution in [-0.4, -0.2) is 37.7 Å². The van der Waals surface area contributed by atoms with Crippen LogP contribution >= 0.6 is 0 Å². The molecule has 1 N–H and O–H groups in total. The van der Waals surface area contributed by atoms with Crippen molar-refractivity contribution in [2.24, 2.45) is 0 Å². The topological polar surface area (TPSA) is 121 Å². The molecule has 1 aliphatic carbocycles. The van der Waals surface area contributed by atoms with Crippen molar-refractivity contribution < 1.29 is 27.1 Å². The Balaban J connectivity index is 1.49. The zero-order valence-electron chi connectivity index (χ0n) is 17.9. The number of methoxy groups -OCH3 is 1. The zero-order valence-corrected chi connectivity index (χ0v) is 18.7. The summed E-state index contributed by atoms with van der Waals surface area (Å²) in [6, 6.07) is 11.4. The van der Waals surface area contributed by atoms with Crippen LogP contribution in [0.1, 0.15) is 47.7 Å². The Hall–Kier alpha value is -3.24. The predicted molar refractivity (Wildman–Crippen MR) is 115 cm³/mol. The van der Waals surface area contributed by atoms with Crippen LogP contribution in [0.4, 0.5) is 0 Å². The molecule has 10 heteroatoms. The molecule has 1 saturated carbocycles. The lowest BCUT2D eigenvalue weighted by Crippen LogP contribution is -2.26. The van der Waals surface area contributed by atoms with Crippen LogP contribution in [0.15, 0.2) is 51.8 Å². The van der Waals surface area contributed by atoms with Gasteiger partial charge in [0, 0.05) is 11.6 Å². The third kappa shape index (κ3) is 4.81. The van der Waals surface area contributed by atoms with Gasteiger partial charge in [0.15, 0.2) is 6.10 Å². The van der Waals surface area contributed by atoms with E-state index in [2.05, 4.69) is 14.9 Å². The van der Waals surface area contributed by atoms with E-state index in [0.29, 0.717) is 16.9 Å². The van der Waals surface area contributed by atoms with Gasteiger partial charge in [0.2, 0.25) is 15.9 Å². The highest BCUT2D eigenvalue weighted by Crippen LogP contribution is 2.26. The Morgan fingerprint density at radius 1 is 1.16 bits per heavy atom. The minimum absolute atomic E-state index is 0.0224. The molecule has 0 bridgehead atoms. The maximum absolute atomic E-state index is 12.8. The van der Waals surface area contributed by atoms with Crippen molar-refractivity contribution in [1.29, 1.82) is 0 Å². The Morgan fingerprint density at radius 3 is 2.53 bits per heavy atom. The summed E-state index contributed by atoms with van der Waals surface area (Å²) in [7, 11) is -2.11. The number of sulfonamides is 1. The van der Waals surface area contributed by atoms with Gasteiger partial charge in [-0.15, -0.1) is 10.2 Å². The van der Waals surface area contributed by atoms with Crippen molar-refractivity contribution in [1.82, 2.24) is 14.9 Å². The number of ether oxygens (including phenoxy) is 2. The number of carbonyl (C=O) groups is 1. The fourth-order valence-corrected chi connectivity index (χ4v) is 4.33. The molecule has 1 heterocycles. The molecule has 1 aromatic heterocycles. The average molecular weight is 458 g/mol. The summed E-state index contributed by atoms with van der Waals surface area (Å²) in [5, 5.41) is 7.97. The highest BCUT2D eigenvalue weighted by molar-refractivity contribution is 7.89. The number of nitrogens with one attached hydrogen (secondary N) is 1. The lowest BCUT2D eigenvalue weighted by molar-refractivity contribution is 0.0278. The first-order chi connectivity index (χ1) is 15.3. The second-order valence-corrected chi connectivity index (χ2v) is 9.31. The van der Waals surface area contributed by atoms with E-state index in [1.54, 1.807) is 51.3 Å². The van der Waals surface area contributed by atoms with Gasteiger partial charge < -0.3 is 13.9 Å². The summed E-state index contributed by atoms with van der Waals surface area (Å²) in [5.41, 5.74) is 1.45. The lowest BCUT2D eigenvalue weighted by Gasteiger charge is -2.13. The molecule has 0 aliphatic heterocycles. The first-order valence-electron chi connectivity index (χ1n) is 10.1. The maximum atomic E-state index is 12.8. The summed E-state index contributed by atoms with van der Waals surface area (Å²) in [6.45, 7) is 3.31. The van der Waals surface area contributed by atoms with Gasteiger partial charge in [-0.2, -0.15) is 0 Å². The molecule has 4 rings (SSSR count). The molecule has 1 atom stereocenters. The number of aromatic nitrogens is 2. The van der Waals surface area contributed by atoms with Crippen LogP contribution in [0.25, 0.3) is 11.5 Å². The Labute approximate surface area is 185 Å². The van der Waals surface area contributed by atoms with Crippen molar-refractivity contribution in [2.45, 2.75) is 43.7 Å².